The van der Waals surface area contributed by atoms with Crippen LogP contribution in [0.1, 0.15) is 46.3 Å². The van der Waals surface area contributed by atoms with E-state index in [-0.39, 0.29) is 17.7 Å². The molecule has 2 heterocycles. The lowest BCUT2D eigenvalue weighted by molar-refractivity contribution is -0.111. The van der Waals surface area contributed by atoms with Crippen molar-refractivity contribution in [3.05, 3.63) is 65.8 Å². The maximum absolute atomic E-state index is 12.8. The van der Waals surface area contributed by atoms with Gasteiger partial charge in [0.2, 0.25) is 5.91 Å². The first kappa shape index (κ1) is 18.8. The molecular formula is C21H24N4O2. The van der Waals surface area contributed by atoms with Crippen LogP contribution in [0.25, 0.3) is 0 Å². The van der Waals surface area contributed by atoms with Crippen LogP contribution in [0.4, 0.5) is 5.69 Å². The number of carbonyl (C=O) groups is 2. The predicted octanol–water partition coefficient (Wildman–Crippen LogP) is 3.24. The molecule has 2 amide bonds. The Morgan fingerprint density at radius 3 is 2.44 bits per heavy atom. The van der Waals surface area contributed by atoms with Gasteiger partial charge in [-0.2, -0.15) is 0 Å². The molecule has 1 aromatic heterocycles. The molecule has 1 aliphatic heterocycles. The number of nitrogens with zero attached hydrogens (tertiary/aromatic N) is 3. The molecule has 0 spiro atoms. The van der Waals surface area contributed by atoms with Crippen molar-refractivity contribution in [1.29, 1.82) is 0 Å². The minimum atomic E-state index is -0.297. The molecule has 1 saturated heterocycles. The van der Waals surface area contributed by atoms with E-state index < -0.39 is 0 Å². The number of anilines is 1. The van der Waals surface area contributed by atoms with Crippen molar-refractivity contribution in [1.82, 2.24) is 14.9 Å². The van der Waals surface area contributed by atoms with Gasteiger partial charge in [-0.3, -0.25) is 9.59 Å². The van der Waals surface area contributed by atoms with E-state index >= 15 is 0 Å². The van der Waals surface area contributed by atoms with Crippen molar-refractivity contribution >= 4 is 17.5 Å². The molecule has 140 valence electrons. The highest BCUT2D eigenvalue weighted by Crippen LogP contribution is 2.27. The van der Waals surface area contributed by atoms with E-state index in [0.29, 0.717) is 24.3 Å². The molecule has 1 aromatic carbocycles. The molecule has 2 aromatic rings. The second-order valence-corrected chi connectivity index (χ2v) is 6.85. The molecule has 0 aliphatic carbocycles. The van der Waals surface area contributed by atoms with Gasteiger partial charge in [-0.05, 0) is 57.0 Å². The fourth-order valence-electron chi connectivity index (χ4n) is 3.38. The Morgan fingerprint density at radius 1 is 1.15 bits per heavy atom. The van der Waals surface area contributed by atoms with E-state index in [2.05, 4.69) is 21.9 Å². The molecule has 27 heavy (non-hydrogen) atoms. The van der Waals surface area contributed by atoms with Gasteiger partial charge >= 0.3 is 0 Å². The first-order chi connectivity index (χ1) is 13.0. The predicted molar refractivity (Wildman–Crippen MR) is 105 cm³/mol. The summed E-state index contributed by atoms with van der Waals surface area (Å²) in [7, 11) is 0. The van der Waals surface area contributed by atoms with Crippen LogP contribution in [0, 0.1) is 13.8 Å². The summed E-state index contributed by atoms with van der Waals surface area (Å²) in [5.74, 6) is 0.845. The average molecular weight is 364 g/mol. The van der Waals surface area contributed by atoms with Gasteiger partial charge < -0.3 is 10.2 Å². The Labute approximate surface area is 159 Å². The number of hydrogen-bond donors (Lipinski definition) is 1. The van der Waals surface area contributed by atoms with Gasteiger partial charge in [0.25, 0.3) is 5.91 Å². The highest BCUT2D eigenvalue weighted by Gasteiger charge is 2.26. The zero-order chi connectivity index (χ0) is 19.4. The molecule has 0 saturated carbocycles. The van der Waals surface area contributed by atoms with Crippen molar-refractivity contribution in [3.63, 3.8) is 0 Å². The standard InChI is InChI=1S/C21H24N4O2/c1-4-19(26)24-18-7-5-6-17(13-18)21(27)25-10-8-16(9-11-25)20-22-14(2)12-15(3)23-20/h4-7,12-13,16H,1,8-11H2,2-3H3,(H,24,26). The molecule has 6 nitrogen and oxygen atoms in total. The summed E-state index contributed by atoms with van der Waals surface area (Å²) < 4.78 is 0. The van der Waals surface area contributed by atoms with Gasteiger partial charge in [0.05, 0.1) is 0 Å². The summed E-state index contributed by atoms with van der Waals surface area (Å²) in [5.41, 5.74) is 3.12. The Morgan fingerprint density at radius 2 is 1.81 bits per heavy atom. The van der Waals surface area contributed by atoms with Crippen LogP contribution in [0.5, 0.6) is 0 Å². The molecule has 3 rings (SSSR count). The fourth-order valence-corrected chi connectivity index (χ4v) is 3.38. The molecular weight excluding hydrogens is 340 g/mol. The van der Waals surface area contributed by atoms with Crippen molar-refractivity contribution in [2.45, 2.75) is 32.6 Å². The van der Waals surface area contributed by atoms with Crippen molar-refractivity contribution in [2.75, 3.05) is 18.4 Å². The minimum absolute atomic E-state index is 0.0236. The number of carbonyl (C=O) groups excluding carboxylic acids is 2. The summed E-state index contributed by atoms with van der Waals surface area (Å²) >= 11 is 0. The number of aromatic nitrogens is 2. The molecule has 0 bridgehead atoms. The number of nitrogens with one attached hydrogen (secondary N) is 1. The Kier molecular flexibility index (Phi) is 5.64. The quantitative estimate of drug-likeness (QED) is 0.845. The lowest BCUT2D eigenvalue weighted by Crippen LogP contribution is -2.38. The van der Waals surface area contributed by atoms with E-state index in [0.717, 1.165) is 30.1 Å². The average Bonchev–Trinajstić information content (AvgIpc) is 2.67. The molecule has 1 fully saturated rings. The number of rotatable bonds is 4. The molecule has 1 N–H and O–H groups in total. The van der Waals surface area contributed by atoms with E-state index in [9.17, 15) is 9.59 Å². The molecule has 0 radical (unpaired) electrons. The van der Waals surface area contributed by atoms with Gasteiger partial charge in [0.15, 0.2) is 0 Å². The summed E-state index contributed by atoms with van der Waals surface area (Å²) in [4.78, 5) is 35.3. The molecule has 0 unspecified atom stereocenters. The topological polar surface area (TPSA) is 75.2 Å². The van der Waals surface area contributed by atoms with E-state index in [4.69, 9.17) is 0 Å². The van der Waals surface area contributed by atoms with Crippen LogP contribution < -0.4 is 5.32 Å². The van der Waals surface area contributed by atoms with Gasteiger partial charge in [-0.15, -0.1) is 0 Å². The largest absolute Gasteiger partial charge is 0.339 e. The molecule has 0 atom stereocenters. The number of hydrogen-bond acceptors (Lipinski definition) is 4. The number of aryl methyl sites for hydroxylation is 2. The van der Waals surface area contributed by atoms with Crippen molar-refractivity contribution in [3.8, 4) is 0 Å². The normalized spacial score (nSPS) is 14.7. The Hall–Kier alpha value is -3.02. The van der Waals surface area contributed by atoms with E-state index in [1.165, 1.54) is 6.08 Å². The van der Waals surface area contributed by atoms with Crippen LogP contribution in [-0.2, 0) is 4.79 Å². The molecule has 6 heteroatoms. The first-order valence-corrected chi connectivity index (χ1v) is 9.11. The second kappa shape index (κ2) is 8.12. The van der Waals surface area contributed by atoms with E-state index in [1.54, 1.807) is 24.3 Å². The summed E-state index contributed by atoms with van der Waals surface area (Å²) in [6, 6.07) is 8.96. The maximum atomic E-state index is 12.8. The van der Waals surface area contributed by atoms with Crippen LogP contribution in [0.15, 0.2) is 43.0 Å². The van der Waals surface area contributed by atoms with Crippen LogP contribution >= 0.6 is 0 Å². The summed E-state index contributed by atoms with van der Waals surface area (Å²) in [6.07, 6.45) is 2.90. The number of piperidine rings is 1. The minimum Gasteiger partial charge on any atom is -0.339 e. The summed E-state index contributed by atoms with van der Waals surface area (Å²) in [5, 5.41) is 2.68. The zero-order valence-corrected chi connectivity index (χ0v) is 15.7. The third-order valence-corrected chi connectivity index (χ3v) is 4.71. The van der Waals surface area contributed by atoms with Crippen molar-refractivity contribution in [2.24, 2.45) is 0 Å². The first-order valence-electron chi connectivity index (χ1n) is 9.11. The Bertz CT molecular complexity index is 850. The maximum Gasteiger partial charge on any atom is 0.253 e. The monoisotopic (exact) mass is 364 g/mol. The van der Waals surface area contributed by atoms with Crippen LogP contribution in [0.2, 0.25) is 0 Å². The third-order valence-electron chi connectivity index (χ3n) is 4.71. The van der Waals surface area contributed by atoms with Crippen LogP contribution in [0.3, 0.4) is 0 Å². The number of amides is 2. The fraction of sp³-hybridized carbons (Fsp3) is 0.333. The second-order valence-electron chi connectivity index (χ2n) is 6.85. The number of benzene rings is 1. The number of likely N-dealkylation sites (tertiary alicyclic amines) is 1. The molecule has 1 aliphatic rings. The smallest absolute Gasteiger partial charge is 0.253 e. The van der Waals surface area contributed by atoms with Crippen molar-refractivity contribution < 1.29 is 9.59 Å². The summed E-state index contributed by atoms with van der Waals surface area (Å²) in [6.45, 7) is 8.73. The van der Waals surface area contributed by atoms with Gasteiger partial charge in [0.1, 0.15) is 5.82 Å². The van der Waals surface area contributed by atoms with E-state index in [1.807, 2.05) is 24.8 Å². The van der Waals surface area contributed by atoms with Crippen LogP contribution in [-0.4, -0.2) is 39.8 Å². The highest BCUT2D eigenvalue weighted by molar-refractivity contribution is 6.00. The lowest BCUT2D eigenvalue weighted by Gasteiger charge is -2.31. The zero-order valence-electron chi connectivity index (χ0n) is 15.7. The lowest BCUT2D eigenvalue weighted by atomic mass is 9.95. The van der Waals surface area contributed by atoms with Gasteiger partial charge in [0, 0.05) is 41.6 Å². The third kappa shape index (κ3) is 4.58. The SMILES string of the molecule is C=CC(=O)Nc1cccc(C(=O)N2CCC(c3nc(C)cc(C)n3)CC2)c1. The van der Waals surface area contributed by atoms with Gasteiger partial charge in [-0.25, -0.2) is 9.97 Å². The highest BCUT2D eigenvalue weighted by atomic mass is 16.2. The Balaban J connectivity index is 1.65. The van der Waals surface area contributed by atoms with Gasteiger partial charge in [-0.1, -0.05) is 12.6 Å².